The molecule has 2 aliphatic rings. The number of ether oxygens (including phenoxy) is 3. The van der Waals surface area contributed by atoms with Crippen molar-refractivity contribution in [2.45, 2.75) is 25.7 Å². The third-order valence-electron chi connectivity index (χ3n) is 5.82. The van der Waals surface area contributed by atoms with E-state index in [2.05, 4.69) is 15.1 Å². The minimum absolute atomic E-state index is 0.0240. The fourth-order valence-electron chi connectivity index (χ4n) is 4.05. The number of rotatable bonds is 8. The largest absolute Gasteiger partial charge is 0.497 e. The van der Waals surface area contributed by atoms with Crippen molar-refractivity contribution in [2.75, 3.05) is 51.4 Å². The van der Waals surface area contributed by atoms with Crippen molar-refractivity contribution in [2.24, 2.45) is 5.92 Å². The third kappa shape index (κ3) is 5.77. The summed E-state index contributed by atoms with van der Waals surface area (Å²) in [5.74, 6) is 3.14. The van der Waals surface area contributed by atoms with Crippen LogP contribution in [0, 0.1) is 5.92 Å². The summed E-state index contributed by atoms with van der Waals surface area (Å²) >= 11 is 0. The van der Waals surface area contributed by atoms with Crippen molar-refractivity contribution in [3.05, 3.63) is 36.4 Å². The Hall–Kier alpha value is -3.03. The number of piperidine rings is 1. The van der Waals surface area contributed by atoms with E-state index < -0.39 is 0 Å². The lowest BCUT2D eigenvalue weighted by Crippen LogP contribution is -2.43. The molecule has 2 aliphatic heterocycles. The first-order chi connectivity index (χ1) is 15.2. The Morgan fingerprint density at radius 2 is 1.74 bits per heavy atom. The summed E-state index contributed by atoms with van der Waals surface area (Å²) < 4.78 is 16.7. The molecule has 1 aromatic carbocycles. The molecule has 31 heavy (non-hydrogen) atoms. The molecule has 0 spiro atoms. The molecule has 2 fully saturated rings. The number of nitrogens with zero attached hydrogens (tertiary/aromatic N) is 4. The van der Waals surface area contributed by atoms with Crippen molar-refractivity contribution in [1.82, 2.24) is 15.1 Å². The van der Waals surface area contributed by atoms with Gasteiger partial charge in [0, 0.05) is 38.2 Å². The van der Waals surface area contributed by atoms with Gasteiger partial charge in [-0.05, 0) is 56.0 Å². The molecule has 0 aliphatic carbocycles. The van der Waals surface area contributed by atoms with Crippen LogP contribution in [-0.2, 0) is 4.79 Å². The van der Waals surface area contributed by atoms with Crippen molar-refractivity contribution >= 4 is 11.7 Å². The van der Waals surface area contributed by atoms with Gasteiger partial charge in [-0.1, -0.05) is 0 Å². The minimum atomic E-state index is -0.0282. The second kappa shape index (κ2) is 10.3. The van der Waals surface area contributed by atoms with Gasteiger partial charge < -0.3 is 24.0 Å². The van der Waals surface area contributed by atoms with Crippen molar-refractivity contribution in [1.29, 1.82) is 0 Å². The molecule has 1 amide bonds. The average molecular weight is 427 g/mol. The summed E-state index contributed by atoms with van der Waals surface area (Å²) in [6, 6.07) is 11.2. The fourth-order valence-corrected chi connectivity index (χ4v) is 4.05. The van der Waals surface area contributed by atoms with Gasteiger partial charge in [0.15, 0.2) is 12.4 Å². The van der Waals surface area contributed by atoms with E-state index in [1.807, 2.05) is 35.2 Å². The highest BCUT2D eigenvalue weighted by Crippen LogP contribution is 2.22. The summed E-state index contributed by atoms with van der Waals surface area (Å²) in [5, 5.41) is 8.35. The summed E-state index contributed by atoms with van der Waals surface area (Å²) in [6.07, 6.45) is 4.39. The molecular formula is C23H30N4O4. The van der Waals surface area contributed by atoms with Crippen LogP contribution in [0.3, 0.4) is 0 Å². The minimum Gasteiger partial charge on any atom is -0.497 e. The van der Waals surface area contributed by atoms with Crippen LogP contribution >= 0.6 is 0 Å². The molecule has 8 heteroatoms. The summed E-state index contributed by atoms with van der Waals surface area (Å²) in [7, 11) is 1.64. The van der Waals surface area contributed by atoms with E-state index in [9.17, 15) is 4.79 Å². The van der Waals surface area contributed by atoms with Crippen molar-refractivity contribution < 1.29 is 19.0 Å². The van der Waals surface area contributed by atoms with Crippen LogP contribution in [0.5, 0.6) is 17.4 Å². The normalized spacial score (nSPS) is 18.7. The first kappa shape index (κ1) is 21.2. The topological polar surface area (TPSA) is 77.0 Å². The van der Waals surface area contributed by atoms with Crippen LogP contribution < -0.4 is 19.1 Å². The Balaban J connectivity index is 1.21. The zero-order chi connectivity index (χ0) is 21.5. The van der Waals surface area contributed by atoms with Gasteiger partial charge in [0.05, 0.1) is 13.7 Å². The van der Waals surface area contributed by atoms with Crippen LogP contribution in [0.25, 0.3) is 0 Å². The second-order valence-corrected chi connectivity index (χ2v) is 8.05. The Labute approximate surface area is 183 Å². The molecule has 166 valence electrons. The summed E-state index contributed by atoms with van der Waals surface area (Å²) in [6.45, 7) is 4.03. The number of hydrogen-bond acceptors (Lipinski definition) is 7. The van der Waals surface area contributed by atoms with E-state index in [4.69, 9.17) is 14.2 Å². The number of aromatic nitrogens is 2. The third-order valence-corrected chi connectivity index (χ3v) is 5.82. The monoisotopic (exact) mass is 426 g/mol. The standard InChI is InChI=1S/C23H30N4O4/c1-29-19-6-8-20(9-7-19)30-16-18-5-4-14-27(15-18)23(28)17-31-22-11-10-21(24-25-22)26-12-2-3-13-26/h6-11,18H,2-5,12-17H2,1H3/t18-/m1/s1. The number of benzene rings is 1. The number of likely N-dealkylation sites (tertiary alicyclic amines) is 1. The lowest BCUT2D eigenvalue weighted by Gasteiger charge is -2.32. The fraction of sp³-hybridized carbons (Fsp3) is 0.522. The molecule has 8 nitrogen and oxygen atoms in total. The molecule has 1 atom stereocenters. The highest BCUT2D eigenvalue weighted by Gasteiger charge is 2.24. The molecule has 1 aromatic heterocycles. The predicted octanol–water partition coefficient (Wildman–Crippen LogP) is 2.78. The van der Waals surface area contributed by atoms with Gasteiger partial charge >= 0.3 is 0 Å². The maximum absolute atomic E-state index is 12.6. The Morgan fingerprint density at radius 1 is 0.968 bits per heavy atom. The summed E-state index contributed by atoms with van der Waals surface area (Å²) in [5.41, 5.74) is 0. The van der Waals surface area contributed by atoms with E-state index in [0.29, 0.717) is 24.9 Å². The first-order valence-corrected chi connectivity index (χ1v) is 11.0. The Kier molecular flexibility index (Phi) is 7.07. The van der Waals surface area contributed by atoms with Gasteiger partial charge in [-0.25, -0.2) is 0 Å². The number of anilines is 1. The lowest BCUT2D eigenvalue weighted by molar-refractivity contribution is -0.135. The smallest absolute Gasteiger partial charge is 0.260 e. The van der Waals surface area contributed by atoms with Crippen LogP contribution in [-0.4, -0.2) is 67.5 Å². The van der Waals surface area contributed by atoms with E-state index in [0.717, 1.165) is 49.8 Å². The second-order valence-electron chi connectivity index (χ2n) is 8.05. The molecule has 0 bridgehead atoms. The first-order valence-electron chi connectivity index (χ1n) is 11.0. The highest BCUT2D eigenvalue weighted by atomic mass is 16.5. The number of carbonyl (C=O) groups excluding carboxylic acids is 1. The van der Waals surface area contributed by atoms with Crippen molar-refractivity contribution in [3.63, 3.8) is 0 Å². The van der Waals surface area contributed by atoms with Gasteiger partial charge in [-0.2, -0.15) is 0 Å². The molecule has 2 aromatic rings. The van der Waals surface area contributed by atoms with Crippen molar-refractivity contribution in [3.8, 4) is 17.4 Å². The zero-order valence-corrected chi connectivity index (χ0v) is 18.0. The Morgan fingerprint density at radius 3 is 2.45 bits per heavy atom. The molecular weight excluding hydrogens is 396 g/mol. The van der Waals surface area contributed by atoms with Crippen LogP contribution in [0.1, 0.15) is 25.7 Å². The van der Waals surface area contributed by atoms with Gasteiger partial charge in [0.1, 0.15) is 11.5 Å². The maximum Gasteiger partial charge on any atom is 0.260 e. The Bertz CT molecular complexity index is 838. The van der Waals surface area contributed by atoms with E-state index in [1.165, 1.54) is 12.8 Å². The maximum atomic E-state index is 12.6. The number of methoxy groups -OCH3 is 1. The number of carbonyl (C=O) groups is 1. The van der Waals surface area contributed by atoms with Gasteiger partial charge in [-0.15, -0.1) is 10.2 Å². The van der Waals surface area contributed by atoms with Crippen LogP contribution in [0.2, 0.25) is 0 Å². The van der Waals surface area contributed by atoms with E-state index in [1.54, 1.807) is 13.2 Å². The lowest BCUT2D eigenvalue weighted by atomic mass is 9.99. The molecule has 2 saturated heterocycles. The zero-order valence-electron chi connectivity index (χ0n) is 18.0. The van der Waals surface area contributed by atoms with Gasteiger partial charge in [-0.3, -0.25) is 4.79 Å². The van der Waals surface area contributed by atoms with Crippen LogP contribution in [0.4, 0.5) is 5.82 Å². The van der Waals surface area contributed by atoms with Gasteiger partial charge in [0.2, 0.25) is 5.88 Å². The molecule has 0 N–H and O–H groups in total. The predicted molar refractivity (Wildman–Crippen MR) is 117 cm³/mol. The molecule has 0 saturated carbocycles. The SMILES string of the molecule is COc1ccc(OC[C@@H]2CCCN(C(=O)COc3ccc(N4CCCC4)nn3)C2)cc1. The molecule has 3 heterocycles. The number of hydrogen-bond donors (Lipinski definition) is 0. The van der Waals surface area contributed by atoms with Gasteiger partial charge in [0.25, 0.3) is 5.91 Å². The highest BCUT2D eigenvalue weighted by molar-refractivity contribution is 5.77. The quantitative estimate of drug-likeness (QED) is 0.642. The average Bonchev–Trinajstić information content (AvgIpc) is 3.37. The summed E-state index contributed by atoms with van der Waals surface area (Å²) in [4.78, 5) is 16.7. The molecule has 4 rings (SSSR count). The molecule has 0 radical (unpaired) electrons. The van der Waals surface area contributed by atoms with Crippen LogP contribution in [0.15, 0.2) is 36.4 Å². The van der Waals surface area contributed by atoms with E-state index in [-0.39, 0.29) is 12.5 Å². The number of amides is 1. The van der Waals surface area contributed by atoms with E-state index >= 15 is 0 Å². The molecule has 0 unspecified atom stereocenters.